The summed E-state index contributed by atoms with van der Waals surface area (Å²) in [4.78, 5) is 12.0. The Kier molecular flexibility index (Phi) is 5.17. The Balaban J connectivity index is 1.70. The first-order valence-electron chi connectivity index (χ1n) is 7.58. The van der Waals surface area contributed by atoms with Gasteiger partial charge in [0.25, 0.3) is 0 Å². The van der Waals surface area contributed by atoms with E-state index < -0.39 is 41.3 Å². The molecule has 0 fully saturated rings. The Labute approximate surface area is 155 Å². The molecule has 0 saturated carbocycles. The van der Waals surface area contributed by atoms with Gasteiger partial charge in [-0.3, -0.25) is 14.2 Å². The SMILES string of the molecule is Cc1c(Cl)cnn1CC(=O)Nc1cnn(Cc2c(F)cc(F)c(F)c2F)c1. The average molecular weight is 402 g/mol. The van der Waals surface area contributed by atoms with Gasteiger partial charge in [-0.2, -0.15) is 10.2 Å². The highest BCUT2D eigenvalue weighted by atomic mass is 35.5. The molecular weight excluding hydrogens is 390 g/mol. The van der Waals surface area contributed by atoms with Crippen LogP contribution < -0.4 is 5.32 Å². The van der Waals surface area contributed by atoms with Crippen molar-refractivity contribution in [2.24, 2.45) is 0 Å². The van der Waals surface area contributed by atoms with Crippen LogP contribution in [0, 0.1) is 30.2 Å². The maximum atomic E-state index is 13.7. The highest BCUT2D eigenvalue weighted by Gasteiger charge is 2.19. The minimum atomic E-state index is -1.76. The van der Waals surface area contributed by atoms with Crippen LogP contribution in [0.2, 0.25) is 5.02 Å². The van der Waals surface area contributed by atoms with Crippen LogP contribution in [0.5, 0.6) is 0 Å². The molecule has 0 aliphatic carbocycles. The molecule has 0 aliphatic heterocycles. The number of hydrogen-bond donors (Lipinski definition) is 1. The van der Waals surface area contributed by atoms with Gasteiger partial charge in [-0.1, -0.05) is 11.6 Å². The average Bonchev–Trinajstić information content (AvgIpc) is 3.18. The number of hydrogen-bond acceptors (Lipinski definition) is 3. The van der Waals surface area contributed by atoms with E-state index in [9.17, 15) is 22.4 Å². The van der Waals surface area contributed by atoms with Gasteiger partial charge in [0.1, 0.15) is 12.4 Å². The van der Waals surface area contributed by atoms with E-state index in [1.54, 1.807) is 6.92 Å². The van der Waals surface area contributed by atoms with Crippen molar-refractivity contribution in [2.75, 3.05) is 5.32 Å². The molecule has 2 heterocycles. The Morgan fingerprint density at radius 3 is 2.56 bits per heavy atom. The summed E-state index contributed by atoms with van der Waals surface area (Å²) in [5, 5.41) is 10.7. The number of anilines is 1. The number of carbonyl (C=O) groups excluding carboxylic acids is 1. The predicted octanol–water partition coefficient (Wildman–Crippen LogP) is 3.28. The van der Waals surface area contributed by atoms with Crippen LogP contribution in [-0.2, 0) is 17.9 Å². The van der Waals surface area contributed by atoms with Crippen LogP contribution >= 0.6 is 11.6 Å². The number of carbonyl (C=O) groups is 1. The molecule has 142 valence electrons. The van der Waals surface area contributed by atoms with Gasteiger partial charge in [0.05, 0.1) is 35.3 Å². The van der Waals surface area contributed by atoms with E-state index >= 15 is 0 Å². The van der Waals surface area contributed by atoms with Crippen LogP contribution in [0.25, 0.3) is 0 Å². The topological polar surface area (TPSA) is 64.7 Å². The van der Waals surface area contributed by atoms with Crippen LogP contribution in [-0.4, -0.2) is 25.5 Å². The predicted molar refractivity (Wildman–Crippen MR) is 88.2 cm³/mol. The molecule has 1 amide bonds. The molecule has 1 aromatic carbocycles. The van der Waals surface area contributed by atoms with Crippen LogP contribution in [0.4, 0.5) is 23.2 Å². The van der Waals surface area contributed by atoms with Gasteiger partial charge in [0.2, 0.25) is 5.91 Å². The van der Waals surface area contributed by atoms with E-state index in [0.29, 0.717) is 10.7 Å². The fourth-order valence-electron chi connectivity index (χ4n) is 2.35. The molecule has 0 unspecified atom stereocenters. The monoisotopic (exact) mass is 401 g/mol. The molecule has 0 aliphatic rings. The van der Waals surface area contributed by atoms with Gasteiger partial charge in [0.15, 0.2) is 17.5 Å². The molecule has 3 aromatic rings. The molecule has 2 aromatic heterocycles. The van der Waals surface area contributed by atoms with E-state index in [-0.39, 0.29) is 18.3 Å². The molecule has 0 bridgehead atoms. The summed E-state index contributed by atoms with van der Waals surface area (Å²) in [6.07, 6.45) is 3.95. The number of halogens is 5. The Bertz CT molecular complexity index is 1020. The Hall–Kier alpha value is -2.88. The standard InChI is InChI=1S/C16H12ClF4N5O/c1-8-11(17)4-23-26(8)7-14(27)24-9-3-22-25(5-9)6-10-12(18)2-13(19)16(21)15(10)20/h2-5H,6-7H2,1H3,(H,24,27). The van der Waals surface area contributed by atoms with Crippen molar-refractivity contribution < 1.29 is 22.4 Å². The van der Waals surface area contributed by atoms with Crippen molar-refractivity contribution in [3.05, 3.63) is 64.2 Å². The fraction of sp³-hybridized carbons (Fsp3) is 0.188. The first kappa shape index (κ1) is 18.9. The number of aromatic nitrogens is 4. The maximum absolute atomic E-state index is 13.7. The van der Waals surface area contributed by atoms with E-state index in [4.69, 9.17) is 11.6 Å². The molecule has 27 heavy (non-hydrogen) atoms. The maximum Gasteiger partial charge on any atom is 0.246 e. The van der Waals surface area contributed by atoms with E-state index in [0.717, 1.165) is 4.68 Å². The van der Waals surface area contributed by atoms with Crippen LogP contribution in [0.1, 0.15) is 11.3 Å². The zero-order valence-corrected chi connectivity index (χ0v) is 14.6. The Morgan fingerprint density at radius 2 is 1.89 bits per heavy atom. The lowest BCUT2D eigenvalue weighted by molar-refractivity contribution is -0.116. The number of rotatable bonds is 5. The summed E-state index contributed by atoms with van der Waals surface area (Å²) in [5.74, 6) is -6.67. The molecule has 0 spiro atoms. The number of amides is 1. The first-order valence-corrected chi connectivity index (χ1v) is 7.96. The minimum Gasteiger partial charge on any atom is -0.322 e. The van der Waals surface area contributed by atoms with Gasteiger partial charge in [0, 0.05) is 17.8 Å². The Morgan fingerprint density at radius 1 is 1.15 bits per heavy atom. The second-order valence-electron chi connectivity index (χ2n) is 5.66. The van der Waals surface area contributed by atoms with Gasteiger partial charge >= 0.3 is 0 Å². The normalized spacial score (nSPS) is 11.0. The quantitative estimate of drug-likeness (QED) is 0.405. The largest absolute Gasteiger partial charge is 0.322 e. The highest BCUT2D eigenvalue weighted by Crippen LogP contribution is 2.20. The number of nitrogens with zero attached hydrogens (tertiary/aromatic N) is 4. The minimum absolute atomic E-state index is 0.101. The number of nitrogens with one attached hydrogen (secondary N) is 1. The van der Waals surface area contributed by atoms with Gasteiger partial charge in [-0.05, 0) is 6.92 Å². The van der Waals surface area contributed by atoms with Gasteiger partial charge in [-0.25, -0.2) is 17.6 Å². The smallest absolute Gasteiger partial charge is 0.246 e. The van der Waals surface area contributed by atoms with Crippen LogP contribution in [0.3, 0.4) is 0 Å². The van der Waals surface area contributed by atoms with Gasteiger partial charge in [-0.15, -0.1) is 0 Å². The van der Waals surface area contributed by atoms with Crippen molar-refractivity contribution in [1.82, 2.24) is 19.6 Å². The van der Waals surface area contributed by atoms with Crippen molar-refractivity contribution in [3.63, 3.8) is 0 Å². The highest BCUT2D eigenvalue weighted by molar-refractivity contribution is 6.31. The third-order valence-corrected chi connectivity index (χ3v) is 4.15. The summed E-state index contributed by atoms with van der Waals surface area (Å²) >= 11 is 5.86. The molecule has 0 atom stereocenters. The van der Waals surface area contributed by atoms with E-state index in [1.807, 2.05) is 0 Å². The summed E-state index contributed by atoms with van der Waals surface area (Å²) in [5.41, 5.74) is 0.183. The van der Waals surface area contributed by atoms with Crippen LogP contribution in [0.15, 0.2) is 24.7 Å². The number of benzene rings is 1. The summed E-state index contributed by atoms with van der Waals surface area (Å²) in [7, 11) is 0. The molecular formula is C16H12ClF4N5O. The van der Waals surface area contributed by atoms with Crippen molar-refractivity contribution >= 4 is 23.2 Å². The lowest BCUT2D eigenvalue weighted by Gasteiger charge is -2.07. The molecule has 11 heteroatoms. The molecule has 1 N–H and O–H groups in total. The fourth-order valence-corrected chi connectivity index (χ4v) is 2.49. The summed E-state index contributed by atoms with van der Waals surface area (Å²) in [6.45, 7) is 1.11. The zero-order chi connectivity index (χ0) is 19.7. The van der Waals surface area contributed by atoms with E-state index in [1.165, 1.54) is 23.3 Å². The summed E-state index contributed by atoms with van der Waals surface area (Å²) in [6, 6.07) is 0.261. The van der Waals surface area contributed by atoms with Crippen molar-refractivity contribution in [2.45, 2.75) is 20.0 Å². The summed E-state index contributed by atoms with van der Waals surface area (Å²) < 4.78 is 56.1. The second-order valence-corrected chi connectivity index (χ2v) is 6.06. The molecule has 0 radical (unpaired) electrons. The van der Waals surface area contributed by atoms with E-state index in [2.05, 4.69) is 15.5 Å². The molecule has 3 rings (SSSR count). The molecule has 0 saturated heterocycles. The first-order chi connectivity index (χ1) is 12.8. The van der Waals surface area contributed by atoms with Gasteiger partial charge < -0.3 is 5.32 Å². The molecule has 6 nitrogen and oxygen atoms in total. The second kappa shape index (κ2) is 7.39. The lowest BCUT2D eigenvalue weighted by Crippen LogP contribution is -2.20. The third kappa shape index (κ3) is 3.95. The lowest BCUT2D eigenvalue weighted by atomic mass is 10.2. The third-order valence-electron chi connectivity index (χ3n) is 3.78. The van der Waals surface area contributed by atoms with Crippen molar-refractivity contribution in [1.29, 1.82) is 0 Å². The zero-order valence-electron chi connectivity index (χ0n) is 13.8. The van der Waals surface area contributed by atoms with Crippen molar-refractivity contribution in [3.8, 4) is 0 Å².